The molecule has 1 saturated carbocycles. The van der Waals surface area contributed by atoms with Gasteiger partial charge in [-0.1, -0.05) is 12.1 Å². The lowest BCUT2D eigenvalue weighted by Gasteiger charge is -2.20. The highest BCUT2D eigenvalue weighted by Crippen LogP contribution is 2.43. The summed E-state index contributed by atoms with van der Waals surface area (Å²) in [4.78, 5) is 36.2. The summed E-state index contributed by atoms with van der Waals surface area (Å²) >= 11 is 0. The molecule has 0 aliphatic heterocycles. The third-order valence-corrected chi connectivity index (χ3v) is 5.85. The Balaban J connectivity index is 1.70. The van der Waals surface area contributed by atoms with Gasteiger partial charge in [-0.15, -0.1) is 0 Å². The summed E-state index contributed by atoms with van der Waals surface area (Å²) < 4.78 is 21.4. The van der Waals surface area contributed by atoms with Gasteiger partial charge in [0, 0.05) is 18.3 Å². The van der Waals surface area contributed by atoms with Crippen LogP contribution in [-0.2, 0) is 11.3 Å². The number of carbonyl (C=O) groups excluding carboxylic acids is 1. The van der Waals surface area contributed by atoms with Crippen LogP contribution in [0.1, 0.15) is 66.6 Å². The monoisotopic (exact) mass is 466 g/mol. The van der Waals surface area contributed by atoms with Crippen molar-refractivity contribution >= 4 is 17.6 Å². The number of rotatable bonds is 5. The number of ether oxygens (including phenoxy) is 1. The van der Waals surface area contributed by atoms with Crippen molar-refractivity contribution in [2.24, 2.45) is 0 Å². The molecule has 4 rings (SSSR count). The van der Waals surface area contributed by atoms with Crippen molar-refractivity contribution in [3.05, 3.63) is 75.0 Å². The molecule has 34 heavy (non-hydrogen) atoms. The number of amides is 1. The van der Waals surface area contributed by atoms with Crippen LogP contribution < -0.4 is 10.9 Å². The fraction of sp³-hybridized carbons (Fsp3) is 0.346. The summed E-state index contributed by atoms with van der Waals surface area (Å²) in [6, 6.07) is 7.94. The first-order valence-electron chi connectivity index (χ1n) is 11.1. The maximum absolute atomic E-state index is 14.9. The topological polar surface area (TPSA) is 97.1 Å². The van der Waals surface area contributed by atoms with E-state index in [-0.39, 0.29) is 18.0 Å². The van der Waals surface area contributed by atoms with Gasteiger partial charge in [0.15, 0.2) is 0 Å². The predicted molar refractivity (Wildman–Crippen MR) is 126 cm³/mol. The molecule has 2 heterocycles. The van der Waals surface area contributed by atoms with Gasteiger partial charge in [0.25, 0.3) is 5.56 Å². The van der Waals surface area contributed by atoms with Crippen molar-refractivity contribution in [3.63, 3.8) is 0 Å². The van der Waals surface area contributed by atoms with Crippen LogP contribution in [0.5, 0.6) is 0 Å². The number of aromatic carboxylic acids is 1. The Kier molecular flexibility index (Phi) is 5.93. The first kappa shape index (κ1) is 23.5. The van der Waals surface area contributed by atoms with Crippen LogP contribution in [0.3, 0.4) is 0 Å². The van der Waals surface area contributed by atoms with E-state index in [0.29, 0.717) is 16.6 Å². The Morgan fingerprint density at radius 1 is 1.21 bits per heavy atom. The molecule has 7 nitrogen and oxygen atoms in total. The molecule has 1 aromatic carbocycles. The number of pyridine rings is 2. The van der Waals surface area contributed by atoms with Gasteiger partial charge in [-0.2, -0.15) is 0 Å². The maximum Gasteiger partial charge on any atom is 0.407 e. The minimum atomic E-state index is -1.25. The van der Waals surface area contributed by atoms with Gasteiger partial charge < -0.3 is 15.2 Å². The van der Waals surface area contributed by atoms with E-state index < -0.39 is 29.0 Å². The summed E-state index contributed by atoms with van der Waals surface area (Å²) in [5, 5.41) is 12.0. The number of fused-ring (bicyclic) bond motifs is 1. The van der Waals surface area contributed by atoms with Gasteiger partial charge in [-0.05, 0) is 86.9 Å². The van der Waals surface area contributed by atoms with E-state index in [1.54, 1.807) is 45.2 Å². The van der Waals surface area contributed by atoms with Crippen LogP contribution in [0.15, 0.2) is 41.3 Å². The Hall–Kier alpha value is -3.68. The molecular formula is C26H27FN2O5. The number of hydrogen-bond donors (Lipinski definition) is 2. The van der Waals surface area contributed by atoms with E-state index >= 15 is 0 Å². The number of nitrogens with zero attached hydrogens (tertiary/aromatic N) is 1. The number of benzene rings is 1. The summed E-state index contributed by atoms with van der Waals surface area (Å²) in [6.07, 6.45) is 2.80. The van der Waals surface area contributed by atoms with Crippen molar-refractivity contribution in [3.8, 4) is 11.1 Å². The standard InChI is InChI=1S/C26H27FN2O5/c1-14-18(16-7-8-17(21(27)11-16)13-28-25(33)34-26(2,3)4)9-10-29-22(14)19(15-5-6-15)12-20(23(29)30)24(31)32/h7-12,15H,5-6,13H2,1-4H3,(H,28,33)(H,31,32). The minimum Gasteiger partial charge on any atom is -0.477 e. The molecule has 0 unspecified atom stereocenters. The lowest BCUT2D eigenvalue weighted by atomic mass is 9.96. The molecule has 1 aliphatic carbocycles. The molecule has 3 aromatic rings. The fourth-order valence-corrected chi connectivity index (χ4v) is 4.11. The highest BCUT2D eigenvalue weighted by atomic mass is 19.1. The van der Waals surface area contributed by atoms with Gasteiger partial charge in [0.2, 0.25) is 0 Å². The molecule has 0 radical (unpaired) electrons. The molecule has 0 spiro atoms. The smallest absolute Gasteiger partial charge is 0.407 e. The number of aryl methyl sites for hydroxylation is 1. The summed E-state index contributed by atoms with van der Waals surface area (Å²) in [7, 11) is 0. The van der Waals surface area contributed by atoms with Gasteiger partial charge in [-0.25, -0.2) is 14.0 Å². The average Bonchev–Trinajstić information content (AvgIpc) is 3.57. The van der Waals surface area contributed by atoms with E-state index in [1.165, 1.54) is 16.5 Å². The van der Waals surface area contributed by atoms with Crippen molar-refractivity contribution in [2.45, 2.75) is 58.6 Å². The maximum atomic E-state index is 14.9. The van der Waals surface area contributed by atoms with Crippen LogP contribution >= 0.6 is 0 Å². The van der Waals surface area contributed by atoms with Gasteiger partial charge in [-0.3, -0.25) is 9.20 Å². The molecule has 1 aliphatic rings. The van der Waals surface area contributed by atoms with Crippen molar-refractivity contribution in [2.75, 3.05) is 0 Å². The van der Waals surface area contributed by atoms with Crippen LogP contribution in [0.2, 0.25) is 0 Å². The van der Waals surface area contributed by atoms with Crippen LogP contribution in [0.4, 0.5) is 9.18 Å². The number of hydrogen-bond acceptors (Lipinski definition) is 4. The number of halogens is 1. The van der Waals surface area contributed by atoms with Crippen LogP contribution in [0.25, 0.3) is 16.6 Å². The van der Waals surface area contributed by atoms with Gasteiger partial charge >= 0.3 is 12.1 Å². The second-order valence-electron chi connectivity index (χ2n) is 9.63. The number of carboxylic acids is 1. The summed E-state index contributed by atoms with van der Waals surface area (Å²) in [5.41, 5.74) is 2.47. The summed E-state index contributed by atoms with van der Waals surface area (Å²) in [5.74, 6) is -1.52. The molecule has 0 atom stereocenters. The summed E-state index contributed by atoms with van der Waals surface area (Å²) in [6.45, 7) is 7.08. The molecule has 0 bridgehead atoms. The second-order valence-corrected chi connectivity index (χ2v) is 9.63. The number of aromatic nitrogens is 1. The Labute approximate surface area is 196 Å². The van der Waals surface area contributed by atoms with E-state index in [9.17, 15) is 23.9 Å². The lowest BCUT2D eigenvalue weighted by Crippen LogP contribution is -2.32. The Bertz CT molecular complexity index is 1370. The number of carbonyl (C=O) groups is 2. The zero-order valence-corrected chi connectivity index (χ0v) is 19.6. The first-order valence-corrected chi connectivity index (χ1v) is 11.1. The Morgan fingerprint density at radius 3 is 2.50 bits per heavy atom. The number of nitrogens with one attached hydrogen (secondary N) is 1. The molecule has 2 N–H and O–H groups in total. The zero-order valence-electron chi connectivity index (χ0n) is 19.6. The van der Waals surface area contributed by atoms with E-state index in [0.717, 1.165) is 29.5 Å². The lowest BCUT2D eigenvalue weighted by molar-refractivity contribution is 0.0522. The Morgan fingerprint density at radius 2 is 1.91 bits per heavy atom. The number of carboxylic acid groups (broad SMARTS) is 1. The average molecular weight is 467 g/mol. The van der Waals surface area contributed by atoms with Crippen molar-refractivity contribution < 1.29 is 23.8 Å². The SMILES string of the molecule is Cc1c(-c2ccc(CNC(=O)OC(C)(C)C)c(F)c2)ccn2c(=O)c(C(=O)O)cc(C3CC3)c12. The first-order chi connectivity index (χ1) is 16.0. The normalized spacial score (nSPS) is 13.7. The zero-order chi connectivity index (χ0) is 24.8. The van der Waals surface area contributed by atoms with Gasteiger partial charge in [0.1, 0.15) is 17.0 Å². The van der Waals surface area contributed by atoms with Crippen molar-refractivity contribution in [1.82, 2.24) is 9.72 Å². The molecule has 8 heteroatoms. The van der Waals surface area contributed by atoms with Crippen LogP contribution in [-0.4, -0.2) is 27.2 Å². The number of alkyl carbamates (subject to hydrolysis) is 1. The fourth-order valence-electron chi connectivity index (χ4n) is 4.11. The van der Waals surface area contributed by atoms with Crippen LogP contribution in [0, 0.1) is 12.7 Å². The quantitative estimate of drug-likeness (QED) is 0.551. The largest absolute Gasteiger partial charge is 0.477 e. The molecule has 178 valence electrons. The predicted octanol–water partition coefficient (Wildman–Crippen LogP) is 5.01. The van der Waals surface area contributed by atoms with E-state index in [4.69, 9.17) is 4.74 Å². The third kappa shape index (κ3) is 4.66. The molecular weight excluding hydrogens is 439 g/mol. The second kappa shape index (κ2) is 8.59. The molecule has 1 fully saturated rings. The highest BCUT2D eigenvalue weighted by molar-refractivity contribution is 5.89. The van der Waals surface area contributed by atoms with Gasteiger partial charge in [0.05, 0.1) is 5.52 Å². The highest BCUT2D eigenvalue weighted by Gasteiger charge is 2.29. The third-order valence-electron chi connectivity index (χ3n) is 5.85. The van der Waals surface area contributed by atoms with E-state index in [2.05, 4.69) is 5.32 Å². The minimum absolute atomic E-state index is 0.0169. The molecule has 2 aromatic heterocycles. The van der Waals surface area contributed by atoms with Crippen molar-refractivity contribution in [1.29, 1.82) is 0 Å². The van der Waals surface area contributed by atoms with E-state index in [1.807, 2.05) is 6.92 Å². The molecule has 0 saturated heterocycles. The molecule has 1 amide bonds.